The van der Waals surface area contributed by atoms with E-state index in [0.717, 1.165) is 10.5 Å². The molecule has 0 aliphatic carbocycles. The molecule has 0 radical (unpaired) electrons. The van der Waals surface area contributed by atoms with Crippen molar-refractivity contribution in [1.82, 2.24) is 14.6 Å². The third kappa shape index (κ3) is 4.65. The van der Waals surface area contributed by atoms with Crippen LogP contribution in [0, 0.1) is 0 Å². The molecule has 1 atom stereocenters. The molecule has 0 aromatic carbocycles. The Kier molecular flexibility index (Phi) is 6.27. The molecule has 1 amide bonds. The first-order valence-electron chi connectivity index (χ1n) is 6.26. The van der Waals surface area contributed by atoms with Gasteiger partial charge in [0.15, 0.2) is 0 Å². The van der Waals surface area contributed by atoms with E-state index in [4.69, 9.17) is 16.7 Å². The first-order valence-corrected chi connectivity index (χ1v) is 8.07. The van der Waals surface area contributed by atoms with E-state index < -0.39 is 22.0 Å². The van der Waals surface area contributed by atoms with Crippen LogP contribution < -0.4 is 5.32 Å². The van der Waals surface area contributed by atoms with Gasteiger partial charge in [-0.2, -0.15) is 4.31 Å². The second-order valence-electron chi connectivity index (χ2n) is 4.45. The molecule has 0 spiro atoms. The highest BCUT2D eigenvalue weighted by Gasteiger charge is 2.33. The standard InChI is InChI=1S/C12H16ClN3O5S/c1-8(12(18)19)16(4-3-15-9(2)17)22(20,21)11-5-10(13)6-14-7-11/h5-8H,3-4H2,1-2H3,(H,15,17)(H,18,19). The molecule has 0 bridgehead atoms. The zero-order valence-corrected chi connectivity index (χ0v) is 13.6. The first-order chi connectivity index (χ1) is 10.2. The smallest absolute Gasteiger partial charge is 0.321 e. The van der Waals surface area contributed by atoms with Gasteiger partial charge in [0.2, 0.25) is 15.9 Å². The van der Waals surface area contributed by atoms with Crippen LogP contribution in [0.15, 0.2) is 23.4 Å². The van der Waals surface area contributed by atoms with Crippen molar-refractivity contribution in [3.63, 3.8) is 0 Å². The van der Waals surface area contributed by atoms with E-state index in [1.54, 1.807) is 0 Å². The van der Waals surface area contributed by atoms with Gasteiger partial charge in [0, 0.05) is 32.4 Å². The highest BCUT2D eigenvalue weighted by molar-refractivity contribution is 7.89. The number of hydrogen-bond acceptors (Lipinski definition) is 5. The van der Waals surface area contributed by atoms with Crippen molar-refractivity contribution < 1.29 is 23.1 Å². The summed E-state index contributed by atoms with van der Waals surface area (Å²) in [5, 5.41) is 11.6. The molecule has 10 heteroatoms. The molecule has 1 heterocycles. The van der Waals surface area contributed by atoms with Gasteiger partial charge < -0.3 is 10.4 Å². The number of pyridine rings is 1. The lowest BCUT2D eigenvalue weighted by molar-refractivity contribution is -0.140. The quantitative estimate of drug-likeness (QED) is 0.733. The van der Waals surface area contributed by atoms with Gasteiger partial charge in [-0.3, -0.25) is 14.6 Å². The molecular formula is C12H16ClN3O5S. The molecule has 0 aliphatic heterocycles. The lowest BCUT2D eigenvalue weighted by atomic mass is 10.3. The molecule has 0 saturated carbocycles. The lowest BCUT2D eigenvalue weighted by Crippen LogP contribution is -2.46. The molecule has 1 rings (SSSR count). The fourth-order valence-corrected chi connectivity index (χ4v) is 3.47. The first kappa shape index (κ1) is 18.3. The summed E-state index contributed by atoms with van der Waals surface area (Å²) in [5.74, 6) is -1.65. The number of carbonyl (C=O) groups is 2. The monoisotopic (exact) mass is 349 g/mol. The van der Waals surface area contributed by atoms with Crippen molar-refractivity contribution in [2.75, 3.05) is 13.1 Å². The summed E-state index contributed by atoms with van der Waals surface area (Å²) in [5.41, 5.74) is 0. The topological polar surface area (TPSA) is 117 Å². The molecule has 1 unspecified atom stereocenters. The highest BCUT2D eigenvalue weighted by Crippen LogP contribution is 2.20. The maximum absolute atomic E-state index is 12.6. The molecular weight excluding hydrogens is 334 g/mol. The van der Waals surface area contributed by atoms with E-state index >= 15 is 0 Å². The number of aromatic nitrogens is 1. The van der Waals surface area contributed by atoms with Crippen LogP contribution in [0.4, 0.5) is 0 Å². The summed E-state index contributed by atoms with van der Waals surface area (Å²) < 4.78 is 25.9. The Hall–Kier alpha value is -1.71. The number of carboxylic acids is 1. The van der Waals surface area contributed by atoms with Gasteiger partial charge in [0.25, 0.3) is 0 Å². The van der Waals surface area contributed by atoms with E-state index in [9.17, 15) is 18.0 Å². The number of aliphatic carboxylic acids is 1. The zero-order valence-electron chi connectivity index (χ0n) is 12.0. The predicted molar refractivity (Wildman–Crippen MR) is 78.9 cm³/mol. The number of hydrogen-bond donors (Lipinski definition) is 2. The van der Waals surface area contributed by atoms with Gasteiger partial charge in [-0.05, 0) is 13.0 Å². The van der Waals surface area contributed by atoms with Crippen molar-refractivity contribution in [2.45, 2.75) is 24.8 Å². The average molecular weight is 350 g/mol. The van der Waals surface area contributed by atoms with Crippen LogP contribution in [0.1, 0.15) is 13.8 Å². The van der Waals surface area contributed by atoms with Crippen LogP contribution in [0.2, 0.25) is 5.02 Å². The number of halogens is 1. The van der Waals surface area contributed by atoms with Crippen LogP contribution in [0.25, 0.3) is 0 Å². The number of amides is 1. The molecule has 22 heavy (non-hydrogen) atoms. The maximum Gasteiger partial charge on any atom is 0.321 e. The fourth-order valence-electron chi connectivity index (χ4n) is 1.66. The molecule has 0 saturated heterocycles. The normalized spacial score (nSPS) is 12.9. The van der Waals surface area contributed by atoms with Crippen molar-refractivity contribution in [1.29, 1.82) is 0 Å². The van der Waals surface area contributed by atoms with Gasteiger partial charge >= 0.3 is 5.97 Å². The predicted octanol–water partition coefficient (Wildman–Crippen LogP) is 0.335. The molecule has 122 valence electrons. The molecule has 2 N–H and O–H groups in total. The SMILES string of the molecule is CC(=O)NCCN(C(C)C(=O)O)S(=O)(=O)c1cncc(Cl)c1. The minimum Gasteiger partial charge on any atom is -0.480 e. The Morgan fingerprint density at radius 3 is 2.59 bits per heavy atom. The average Bonchev–Trinajstić information content (AvgIpc) is 2.42. The van der Waals surface area contributed by atoms with Crippen molar-refractivity contribution >= 4 is 33.5 Å². The number of rotatable bonds is 7. The molecule has 0 fully saturated rings. The molecule has 1 aromatic heterocycles. The van der Waals surface area contributed by atoms with Crippen molar-refractivity contribution in [2.24, 2.45) is 0 Å². The number of nitrogens with one attached hydrogen (secondary N) is 1. The molecule has 0 aliphatic rings. The largest absolute Gasteiger partial charge is 0.480 e. The van der Waals surface area contributed by atoms with E-state index in [1.807, 2.05) is 0 Å². The number of carbonyl (C=O) groups excluding carboxylic acids is 1. The Morgan fingerprint density at radius 1 is 1.45 bits per heavy atom. The fraction of sp³-hybridized carbons (Fsp3) is 0.417. The summed E-state index contributed by atoms with van der Waals surface area (Å²) >= 11 is 5.72. The van der Waals surface area contributed by atoms with Gasteiger partial charge in [-0.25, -0.2) is 8.42 Å². The van der Waals surface area contributed by atoms with Crippen molar-refractivity contribution in [3.05, 3.63) is 23.5 Å². The Labute approximate surface area is 133 Å². The summed E-state index contributed by atoms with van der Waals surface area (Å²) in [6.07, 6.45) is 2.35. The Morgan fingerprint density at radius 2 is 2.09 bits per heavy atom. The van der Waals surface area contributed by atoms with Gasteiger partial charge in [0.05, 0.1) is 5.02 Å². The Bertz CT molecular complexity index is 664. The number of sulfonamides is 1. The summed E-state index contributed by atoms with van der Waals surface area (Å²) in [6.45, 7) is 2.31. The minimum atomic E-state index is -4.11. The molecule has 8 nitrogen and oxygen atoms in total. The summed E-state index contributed by atoms with van der Waals surface area (Å²) in [7, 11) is -4.11. The van der Waals surface area contributed by atoms with E-state index in [2.05, 4.69) is 10.3 Å². The minimum absolute atomic E-state index is 0.0137. The van der Waals surface area contributed by atoms with Gasteiger partial charge in [-0.15, -0.1) is 0 Å². The van der Waals surface area contributed by atoms with Gasteiger partial charge in [-0.1, -0.05) is 11.6 Å². The molecule has 1 aromatic rings. The third-order valence-corrected chi connectivity index (χ3v) is 4.92. The van der Waals surface area contributed by atoms with E-state index in [0.29, 0.717) is 0 Å². The second-order valence-corrected chi connectivity index (χ2v) is 6.78. The van der Waals surface area contributed by atoms with E-state index in [1.165, 1.54) is 26.1 Å². The van der Waals surface area contributed by atoms with Crippen LogP contribution in [-0.2, 0) is 19.6 Å². The zero-order chi connectivity index (χ0) is 16.9. The second kappa shape index (κ2) is 7.52. The number of carboxylic acid groups (broad SMARTS) is 1. The highest BCUT2D eigenvalue weighted by atomic mass is 35.5. The van der Waals surface area contributed by atoms with Crippen LogP contribution >= 0.6 is 11.6 Å². The van der Waals surface area contributed by atoms with Crippen LogP contribution in [0.5, 0.6) is 0 Å². The maximum atomic E-state index is 12.6. The van der Waals surface area contributed by atoms with Crippen LogP contribution in [0.3, 0.4) is 0 Å². The third-order valence-electron chi connectivity index (χ3n) is 2.78. The summed E-state index contributed by atoms with van der Waals surface area (Å²) in [6, 6.07) is -0.123. The Balaban J connectivity index is 3.12. The lowest BCUT2D eigenvalue weighted by Gasteiger charge is -2.25. The number of nitrogens with zero attached hydrogens (tertiary/aromatic N) is 2. The van der Waals surface area contributed by atoms with E-state index in [-0.39, 0.29) is 28.9 Å². The van der Waals surface area contributed by atoms with Crippen molar-refractivity contribution in [3.8, 4) is 0 Å². The van der Waals surface area contributed by atoms with Crippen LogP contribution in [-0.4, -0.2) is 53.8 Å². The summed E-state index contributed by atoms with van der Waals surface area (Å²) in [4.78, 5) is 25.5. The van der Waals surface area contributed by atoms with Gasteiger partial charge in [0.1, 0.15) is 10.9 Å².